The number of hydrogen-bond acceptors (Lipinski definition) is 4. The van der Waals surface area contributed by atoms with Crippen molar-refractivity contribution in [2.24, 2.45) is 5.73 Å². The summed E-state index contributed by atoms with van der Waals surface area (Å²) in [6.45, 7) is 0.743. The Morgan fingerprint density at radius 2 is 2.47 bits per heavy atom. The van der Waals surface area contributed by atoms with Crippen molar-refractivity contribution in [2.45, 2.75) is 12.6 Å². The molecule has 0 aliphatic rings. The number of halogens is 1. The van der Waals surface area contributed by atoms with E-state index >= 15 is 0 Å². The summed E-state index contributed by atoms with van der Waals surface area (Å²) < 4.78 is 5.84. The molecule has 1 aromatic heterocycles. The standard InChI is InChI=1S/C9H13BrN2O2S/c1-14-5-7(11)9(13)12-4-6-2-3-8(10)15-6/h2-3,7H,4-5,11H2,1H3,(H,12,13). The van der Waals surface area contributed by atoms with Crippen LogP contribution in [0.3, 0.4) is 0 Å². The molecular weight excluding hydrogens is 280 g/mol. The van der Waals surface area contributed by atoms with Gasteiger partial charge in [0.2, 0.25) is 5.91 Å². The highest BCUT2D eigenvalue weighted by molar-refractivity contribution is 9.11. The normalized spacial score (nSPS) is 12.5. The first kappa shape index (κ1) is 12.6. The van der Waals surface area contributed by atoms with Crippen molar-refractivity contribution in [1.29, 1.82) is 0 Å². The summed E-state index contributed by atoms with van der Waals surface area (Å²) in [7, 11) is 1.52. The fourth-order valence-electron chi connectivity index (χ4n) is 1.01. The second-order valence-electron chi connectivity index (χ2n) is 2.99. The van der Waals surface area contributed by atoms with Crippen LogP contribution < -0.4 is 11.1 Å². The zero-order chi connectivity index (χ0) is 11.3. The Morgan fingerprint density at radius 1 is 1.73 bits per heavy atom. The van der Waals surface area contributed by atoms with E-state index in [0.717, 1.165) is 8.66 Å². The average Bonchev–Trinajstić information content (AvgIpc) is 2.61. The lowest BCUT2D eigenvalue weighted by molar-refractivity contribution is -0.123. The fraction of sp³-hybridized carbons (Fsp3) is 0.444. The van der Waals surface area contributed by atoms with Crippen LogP contribution in [0.25, 0.3) is 0 Å². The molecule has 0 spiro atoms. The molecule has 4 nitrogen and oxygen atoms in total. The molecule has 1 rings (SSSR count). The summed E-state index contributed by atoms with van der Waals surface area (Å²) in [5.74, 6) is -0.193. The largest absolute Gasteiger partial charge is 0.383 e. The zero-order valence-electron chi connectivity index (χ0n) is 8.33. The molecule has 84 valence electrons. The van der Waals surface area contributed by atoms with Crippen LogP contribution in [0.2, 0.25) is 0 Å². The van der Waals surface area contributed by atoms with E-state index in [-0.39, 0.29) is 12.5 Å². The van der Waals surface area contributed by atoms with E-state index in [1.165, 1.54) is 7.11 Å². The maximum atomic E-state index is 11.4. The van der Waals surface area contributed by atoms with Crippen LogP contribution in [0.15, 0.2) is 15.9 Å². The molecule has 6 heteroatoms. The Labute approximate surface area is 101 Å². The van der Waals surface area contributed by atoms with Crippen molar-refractivity contribution in [3.8, 4) is 0 Å². The number of nitrogens with two attached hydrogens (primary N) is 1. The second kappa shape index (κ2) is 6.22. The molecule has 1 atom stereocenters. The first-order valence-electron chi connectivity index (χ1n) is 4.40. The number of carbonyl (C=O) groups excluding carboxylic acids is 1. The number of thiophene rings is 1. The van der Waals surface area contributed by atoms with Gasteiger partial charge in [0.25, 0.3) is 0 Å². The summed E-state index contributed by atoms with van der Waals surface area (Å²) >= 11 is 4.94. The van der Waals surface area contributed by atoms with Crippen LogP contribution >= 0.6 is 27.3 Å². The minimum Gasteiger partial charge on any atom is -0.383 e. The van der Waals surface area contributed by atoms with Crippen LogP contribution in [-0.4, -0.2) is 25.7 Å². The number of hydrogen-bond donors (Lipinski definition) is 2. The van der Waals surface area contributed by atoms with Gasteiger partial charge in [0.05, 0.1) is 16.9 Å². The van der Waals surface area contributed by atoms with Gasteiger partial charge in [-0.05, 0) is 28.1 Å². The minimum absolute atomic E-state index is 0.193. The molecule has 0 radical (unpaired) electrons. The Bertz CT molecular complexity index is 330. The quantitative estimate of drug-likeness (QED) is 0.854. The monoisotopic (exact) mass is 292 g/mol. The molecule has 3 N–H and O–H groups in total. The zero-order valence-corrected chi connectivity index (χ0v) is 10.7. The molecule has 0 aliphatic carbocycles. The van der Waals surface area contributed by atoms with E-state index < -0.39 is 6.04 Å². The summed E-state index contributed by atoms with van der Waals surface area (Å²) in [6, 6.07) is 3.30. The highest BCUT2D eigenvalue weighted by Crippen LogP contribution is 2.21. The molecule has 0 saturated carbocycles. The van der Waals surface area contributed by atoms with Crippen molar-refractivity contribution in [3.05, 3.63) is 20.8 Å². The number of nitrogens with one attached hydrogen (secondary N) is 1. The summed E-state index contributed by atoms with van der Waals surface area (Å²) in [5.41, 5.74) is 5.55. The third-order valence-electron chi connectivity index (χ3n) is 1.75. The third kappa shape index (κ3) is 4.29. The summed E-state index contributed by atoms with van der Waals surface area (Å²) in [5, 5.41) is 2.74. The van der Waals surface area contributed by atoms with Crippen molar-refractivity contribution in [3.63, 3.8) is 0 Å². The van der Waals surface area contributed by atoms with Gasteiger partial charge in [-0.3, -0.25) is 4.79 Å². The smallest absolute Gasteiger partial charge is 0.239 e. The van der Waals surface area contributed by atoms with E-state index in [1.54, 1.807) is 11.3 Å². The summed E-state index contributed by atoms with van der Waals surface area (Å²) in [6.07, 6.45) is 0. The first-order chi connectivity index (χ1) is 7.13. The molecule has 0 aliphatic heterocycles. The first-order valence-corrected chi connectivity index (χ1v) is 6.01. The SMILES string of the molecule is COCC(N)C(=O)NCc1ccc(Br)s1. The van der Waals surface area contributed by atoms with Gasteiger partial charge in [0.1, 0.15) is 6.04 Å². The van der Waals surface area contributed by atoms with E-state index in [0.29, 0.717) is 6.54 Å². The Hall–Kier alpha value is -0.430. The van der Waals surface area contributed by atoms with Crippen molar-refractivity contribution in [2.75, 3.05) is 13.7 Å². The van der Waals surface area contributed by atoms with Gasteiger partial charge in [-0.1, -0.05) is 0 Å². The number of amides is 1. The predicted octanol–water partition coefficient (Wildman–Crippen LogP) is 1.10. The molecular formula is C9H13BrN2O2S. The average molecular weight is 293 g/mol. The highest BCUT2D eigenvalue weighted by atomic mass is 79.9. The molecule has 0 saturated heterocycles. The van der Waals surface area contributed by atoms with Crippen LogP contribution in [0.1, 0.15) is 4.88 Å². The van der Waals surface area contributed by atoms with Gasteiger partial charge < -0.3 is 15.8 Å². The van der Waals surface area contributed by atoms with Gasteiger partial charge in [-0.15, -0.1) is 11.3 Å². The molecule has 1 unspecified atom stereocenters. The lowest BCUT2D eigenvalue weighted by Gasteiger charge is -2.10. The molecule has 0 bridgehead atoms. The lowest BCUT2D eigenvalue weighted by atomic mass is 10.3. The van der Waals surface area contributed by atoms with Gasteiger partial charge in [0, 0.05) is 12.0 Å². The van der Waals surface area contributed by atoms with Crippen molar-refractivity contribution < 1.29 is 9.53 Å². The Morgan fingerprint density at radius 3 is 3.00 bits per heavy atom. The van der Waals surface area contributed by atoms with Crippen LogP contribution in [0.4, 0.5) is 0 Å². The number of ether oxygens (including phenoxy) is 1. The van der Waals surface area contributed by atoms with E-state index in [9.17, 15) is 4.79 Å². The molecule has 0 fully saturated rings. The fourth-order valence-corrected chi connectivity index (χ4v) is 2.43. The lowest BCUT2D eigenvalue weighted by Crippen LogP contribution is -2.43. The maximum Gasteiger partial charge on any atom is 0.239 e. The topological polar surface area (TPSA) is 64.3 Å². The summed E-state index contributed by atoms with van der Waals surface area (Å²) in [4.78, 5) is 12.5. The molecule has 1 amide bonds. The van der Waals surface area contributed by atoms with Gasteiger partial charge >= 0.3 is 0 Å². The third-order valence-corrected chi connectivity index (χ3v) is 3.37. The molecule has 15 heavy (non-hydrogen) atoms. The molecule has 1 heterocycles. The van der Waals surface area contributed by atoms with Crippen LogP contribution in [0, 0.1) is 0 Å². The number of rotatable bonds is 5. The van der Waals surface area contributed by atoms with Gasteiger partial charge in [-0.2, -0.15) is 0 Å². The van der Waals surface area contributed by atoms with Gasteiger partial charge in [-0.25, -0.2) is 0 Å². The van der Waals surface area contributed by atoms with E-state index in [4.69, 9.17) is 10.5 Å². The number of methoxy groups -OCH3 is 1. The van der Waals surface area contributed by atoms with E-state index in [2.05, 4.69) is 21.2 Å². The molecule has 1 aromatic rings. The molecule has 0 aromatic carbocycles. The van der Waals surface area contributed by atoms with Crippen molar-refractivity contribution >= 4 is 33.2 Å². The predicted molar refractivity (Wildman–Crippen MR) is 63.7 cm³/mol. The van der Waals surface area contributed by atoms with Crippen LogP contribution in [-0.2, 0) is 16.1 Å². The Balaban J connectivity index is 2.34. The number of carbonyl (C=O) groups is 1. The minimum atomic E-state index is -0.599. The maximum absolute atomic E-state index is 11.4. The van der Waals surface area contributed by atoms with Crippen LogP contribution in [0.5, 0.6) is 0 Å². The van der Waals surface area contributed by atoms with Crippen molar-refractivity contribution in [1.82, 2.24) is 5.32 Å². The Kier molecular flexibility index (Phi) is 5.24. The van der Waals surface area contributed by atoms with E-state index in [1.807, 2.05) is 12.1 Å². The highest BCUT2D eigenvalue weighted by Gasteiger charge is 2.12. The second-order valence-corrected chi connectivity index (χ2v) is 5.53. The van der Waals surface area contributed by atoms with Gasteiger partial charge in [0.15, 0.2) is 0 Å².